The first kappa shape index (κ1) is 24.5. The number of methoxy groups -OCH3 is 1. The molecule has 1 amide bonds. The van der Waals surface area contributed by atoms with E-state index < -0.39 is 28.4 Å². The van der Waals surface area contributed by atoms with Crippen molar-refractivity contribution in [1.82, 2.24) is 4.90 Å². The predicted molar refractivity (Wildman–Crippen MR) is 132 cm³/mol. The van der Waals surface area contributed by atoms with Crippen molar-refractivity contribution in [2.24, 2.45) is 0 Å². The number of Topliss-reactive ketones (excluding diaryl/α,β-unsaturated/α-hetero) is 1. The van der Waals surface area contributed by atoms with Crippen LogP contribution in [0.3, 0.4) is 0 Å². The molecule has 1 unspecified atom stereocenters. The van der Waals surface area contributed by atoms with Crippen molar-refractivity contribution in [3.63, 3.8) is 0 Å². The number of non-ortho nitro benzene ring substituents is 1. The molecule has 1 aliphatic rings. The van der Waals surface area contributed by atoms with Crippen LogP contribution in [-0.4, -0.2) is 40.3 Å². The molecule has 1 heterocycles. The zero-order valence-electron chi connectivity index (χ0n) is 19.7. The number of hydrogen-bond donors (Lipinski definition) is 1. The number of likely N-dealkylation sites (tertiary alicyclic amines) is 1. The molecule has 1 saturated heterocycles. The molecule has 4 rings (SSSR count). The summed E-state index contributed by atoms with van der Waals surface area (Å²) >= 11 is 0. The lowest BCUT2D eigenvalue weighted by Crippen LogP contribution is -2.29. The molecule has 3 aromatic rings. The van der Waals surface area contributed by atoms with Crippen molar-refractivity contribution in [2.45, 2.75) is 19.5 Å². The number of carbonyl (C=O) groups is 2. The van der Waals surface area contributed by atoms with Crippen LogP contribution in [0.15, 0.2) is 78.4 Å². The highest BCUT2D eigenvalue weighted by molar-refractivity contribution is 6.46. The summed E-state index contributed by atoms with van der Waals surface area (Å²) in [5.74, 6) is -0.953. The van der Waals surface area contributed by atoms with Gasteiger partial charge >= 0.3 is 0 Å². The molecule has 184 valence electrons. The van der Waals surface area contributed by atoms with Gasteiger partial charge in [0.25, 0.3) is 17.4 Å². The largest absolute Gasteiger partial charge is 0.507 e. The molecule has 1 N–H and O–H groups in total. The highest BCUT2D eigenvalue weighted by Gasteiger charge is 2.46. The smallest absolute Gasteiger partial charge is 0.295 e. The van der Waals surface area contributed by atoms with Crippen LogP contribution in [0.4, 0.5) is 5.69 Å². The quantitative estimate of drug-likeness (QED) is 0.161. The summed E-state index contributed by atoms with van der Waals surface area (Å²) in [7, 11) is 1.52. The van der Waals surface area contributed by atoms with Crippen LogP contribution in [0.2, 0.25) is 0 Å². The van der Waals surface area contributed by atoms with Crippen LogP contribution in [0.5, 0.6) is 11.5 Å². The van der Waals surface area contributed by atoms with E-state index in [0.717, 1.165) is 0 Å². The highest BCUT2D eigenvalue weighted by atomic mass is 16.6. The van der Waals surface area contributed by atoms with Crippen molar-refractivity contribution in [2.75, 3.05) is 13.7 Å². The van der Waals surface area contributed by atoms with Gasteiger partial charge in [-0.1, -0.05) is 30.3 Å². The Kier molecular flexibility index (Phi) is 7.00. The second kappa shape index (κ2) is 10.3. The van der Waals surface area contributed by atoms with E-state index in [4.69, 9.17) is 9.47 Å². The van der Waals surface area contributed by atoms with E-state index in [0.29, 0.717) is 29.2 Å². The van der Waals surface area contributed by atoms with Crippen LogP contribution in [0, 0.1) is 10.1 Å². The summed E-state index contributed by atoms with van der Waals surface area (Å²) in [6, 6.07) is 18.3. The first-order valence-electron chi connectivity index (χ1n) is 11.2. The van der Waals surface area contributed by atoms with Crippen molar-refractivity contribution in [3.8, 4) is 11.5 Å². The molecule has 9 heteroatoms. The fourth-order valence-electron chi connectivity index (χ4n) is 4.24. The molecule has 1 fully saturated rings. The Bertz CT molecular complexity index is 1350. The van der Waals surface area contributed by atoms with Gasteiger partial charge in [-0.05, 0) is 42.8 Å². The third kappa shape index (κ3) is 4.63. The van der Waals surface area contributed by atoms with Gasteiger partial charge < -0.3 is 19.5 Å². The van der Waals surface area contributed by atoms with Gasteiger partial charge in [-0.3, -0.25) is 19.7 Å². The molecule has 1 atom stereocenters. The highest BCUT2D eigenvalue weighted by Crippen LogP contribution is 2.41. The summed E-state index contributed by atoms with van der Waals surface area (Å²) < 4.78 is 11.0. The molecule has 0 aliphatic carbocycles. The molecule has 0 radical (unpaired) electrons. The van der Waals surface area contributed by atoms with E-state index in [1.54, 1.807) is 48.5 Å². The number of ether oxygens (including phenoxy) is 2. The number of nitro benzene ring substituents is 1. The Balaban J connectivity index is 1.86. The number of aliphatic hydroxyl groups is 1. The van der Waals surface area contributed by atoms with Crippen molar-refractivity contribution >= 4 is 23.1 Å². The molecule has 0 saturated carbocycles. The summed E-state index contributed by atoms with van der Waals surface area (Å²) in [6.07, 6.45) is 0. The van der Waals surface area contributed by atoms with Gasteiger partial charge in [-0.2, -0.15) is 0 Å². The first-order valence-corrected chi connectivity index (χ1v) is 11.2. The number of aliphatic hydroxyl groups excluding tert-OH is 1. The lowest BCUT2D eigenvalue weighted by atomic mass is 9.95. The van der Waals surface area contributed by atoms with E-state index in [2.05, 4.69) is 0 Å². The fraction of sp³-hybridized carbons (Fsp3) is 0.185. The van der Waals surface area contributed by atoms with E-state index >= 15 is 0 Å². The molecule has 0 spiro atoms. The number of nitro groups is 1. The minimum atomic E-state index is -0.925. The number of amides is 1. The summed E-state index contributed by atoms with van der Waals surface area (Å²) in [6.45, 7) is 2.32. The monoisotopic (exact) mass is 488 g/mol. The Morgan fingerprint density at radius 3 is 2.44 bits per heavy atom. The second-order valence-electron chi connectivity index (χ2n) is 8.05. The SMILES string of the molecule is CCOc1cccc(C2/C(=C(\O)c3ccc([N+](=O)[O-])cc3)C(=O)C(=O)N2Cc2ccccc2OC)c1. The number of benzene rings is 3. The summed E-state index contributed by atoms with van der Waals surface area (Å²) in [4.78, 5) is 38.4. The van der Waals surface area contributed by atoms with Gasteiger partial charge in [-0.25, -0.2) is 0 Å². The molecule has 3 aromatic carbocycles. The van der Waals surface area contributed by atoms with Crippen LogP contribution in [0.25, 0.3) is 5.76 Å². The molecule has 0 aromatic heterocycles. The van der Waals surface area contributed by atoms with Crippen molar-refractivity contribution in [1.29, 1.82) is 0 Å². The molecular formula is C27H24N2O7. The molecule has 0 bridgehead atoms. The van der Waals surface area contributed by atoms with Gasteiger partial charge in [0.1, 0.15) is 17.3 Å². The summed E-state index contributed by atoms with van der Waals surface area (Å²) in [5.41, 5.74) is 1.16. The maximum Gasteiger partial charge on any atom is 0.295 e. The Hall–Kier alpha value is -4.66. The first-order chi connectivity index (χ1) is 17.3. The third-order valence-corrected chi connectivity index (χ3v) is 5.91. The standard InChI is InChI=1S/C27H24N2O7/c1-3-36-21-9-6-8-18(15-21)24-23(25(30)17-11-13-20(14-12-17)29(33)34)26(31)27(32)28(24)16-19-7-4-5-10-22(19)35-2/h4-15,24,30H,3,16H2,1-2H3/b25-23+. The van der Waals surface area contributed by atoms with Gasteiger partial charge in [-0.15, -0.1) is 0 Å². The lowest BCUT2D eigenvalue weighted by molar-refractivity contribution is -0.384. The predicted octanol–water partition coefficient (Wildman–Crippen LogP) is 4.62. The minimum Gasteiger partial charge on any atom is -0.507 e. The van der Waals surface area contributed by atoms with Crippen LogP contribution < -0.4 is 9.47 Å². The number of nitrogens with zero attached hydrogens (tertiary/aromatic N) is 2. The van der Waals surface area contributed by atoms with E-state index in [-0.39, 0.29) is 23.4 Å². The average Bonchev–Trinajstić information content (AvgIpc) is 3.14. The van der Waals surface area contributed by atoms with Crippen molar-refractivity contribution < 1.29 is 29.1 Å². The normalized spacial score (nSPS) is 16.7. The zero-order chi connectivity index (χ0) is 25.8. The van der Waals surface area contributed by atoms with Gasteiger partial charge in [0, 0.05) is 23.3 Å². The number of ketones is 1. The lowest BCUT2D eigenvalue weighted by Gasteiger charge is -2.26. The Morgan fingerprint density at radius 2 is 1.78 bits per heavy atom. The maximum absolute atomic E-state index is 13.3. The average molecular weight is 488 g/mol. The van der Waals surface area contributed by atoms with Gasteiger partial charge in [0.2, 0.25) is 0 Å². The number of hydrogen-bond acceptors (Lipinski definition) is 7. The second-order valence-corrected chi connectivity index (χ2v) is 8.05. The zero-order valence-corrected chi connectivity index (χ0v) is 19.7. The fourth-order valence-corrected chi connectivity index (χ4v) is 4.24. The van der Waals surface area contributed by atoms with E-state index in [9.17, 15) is 24.8 Å². The third-order valence-electron chi connectivity index (χ3n) is 5.91. The summed E-state index contributed by atoms with van der Waals surface area (Å²) in [5, 5.41) is 22.2. The number of carbonyl (C=O) groups excluding carboxylic acids is 2. The van der Waals surface area contributed by atoms with Gasteiger partial charge in [0.15, 0.2) is 0 Å². The topological polar surface area (TPSA) is 119 Å². The van der Waals surface area contributed by atoms with Crippen molar-refractivity contribution in [3.05, 3.63) is 105 Å². The van der Waals surface area contributed by atoms with Crippen LogP contribution >= 0.6 is 0 Å². The van der Waals surface area contributed by atoms with E-state index in [1.165, 1.54) is 36.3 Å². The van der Waals surface area contributed by atoms with Crippen LogP contribution in [0.1, 0.15) is 29.7 Å². The molecule has 36 heavy (non-hydrogen) atoms. The molecule has 1 aliphatic heterocycles. The van der Waals surface area contributed by atoms with Gasteiger partial charge in [0.05, 0.1) is 36.8 Å². The number of rotatable bonds is 8. The van der Waals surface area contributed by atoms with Crippen LogP contribution in [-0.2, 0) is 16.1 Å². The molecular weight excluding hydrogens is 464 g/mol. The minimum absolute atomic E-state index is 0.0508. The maximum atomic E-state index is 13.3. The molecule has 9 nitrogen and oxygen atoms in total. The number of para-hydroxylation sites is 1. The van der Waals surface area contributed by atoms with E-state index in [1.807, 2.05) is 6.92 Å². The Labute approximate surface area is 207 Å². The Morgan fingerprint density at radius 1 is 1.06 bits per heavy atom.